The Labute approximate surface area is 151 Å². The van der Waals surface area contributed by atoms with E-state index in [2.05, 4.69) is 25.4 Å². The van der Waals surface area contributed by atoms with Crippen molar-refractivity contribution in [1.29, 1.82) is 0 Å². The zero-order valence-corrected chi connectivity index (χ0v) is 14.9. The Hall–Kier alpha value is -2.83. The highest BCUT2D eigenvalue weighted by molar-refractivity contribution is 5.63. The molecule has 0 bridgehead atoms. The zero-order chi connectivity index (χ0) is 18.1. The van der Waals surface area contributed by atoms with E-state index in [1.165, 1.54) is 0 Å². The van der Waals surface area contributed by atoms with Gasteiger partial charge >= 0.3 is 0 Å². The molecule has 0 aliphatic heterocycles. The van der Waals surface area contributed by atoms with E-state index >= 15 is 0 Å². The molecule has 1 fully saturated rings. The Bertz CT molecular complexity index is 931. The number of hydrogen-bond donors (Lipinski definition) is 1. The number of halogens is 1. The van der Waals surface area contributed by atoms with Crippen molar-refractivity contribution in [2.45, 2.75) is 33.2 Å². The van der Waals surface area contributed by atoms with Crippen molar-refractivity contribution in [2.24, 2.45) is 5.41 Å². The molecule has 0 atom stereocenters. The number of rotatable bonds is 6. The van der Waals surface area contributed by atoms with Gasteiger partial charge < -0.3 is 5.32 Å². The van der Waals surface area contributed by atoms with Gasteiger partial charge in [-0.05, 0) is 44.4 Å². The van der Waals surface area contributed by atoms with Gasteiger partial charge in [0.25, 0.3) is 0 Å². The minimum Gasteiger partial charge on any atom is -0.324 e. The molecule has 6 nitrogen and oxygen atoms in total. The van der Waals surface area contributed by atoms with Crippen LogP contribution in [-0.2, 0) is 6.54 Å². The lowest BCUT2D eigenvalue weighted by atomic mass is 10.1. The summed E-state index contributed by atoms with van der Waals surface area (Å²) in [6.07, 6.45) is 9.13. The Kier molecular flexibility index (Phi) is 4.14. The van der Waals surface area contributed by atoms with Crippen LogP contribution in [0.1, 0.15) is 24.1 Å². The maximum absolute atomic E-state index is 13.1. The van der Waals surface area contributed by atoms with E-state index in [9.17, 15) is 4.39 Å². The molecule has 3 aromatic heterocycles. The average Bonchev–Trinajstić information content (AvgIpc) is 3.25. The zero-order valence-electron chi connectivity index (χ0n) is 14.9. The lowest BCUT2D eigenvalue weighted by Crippen LogP contribution is -2.13. The van der Waals surface area contributed by atoms with E-state index in [0.717, 1.165) is 41.0 Å². The van der Waals surface area contributed by atoms with Gasteiger partial charge in [-0.3, -0.25) is 14.1 Å². The lowest BCUT2D eigenvalue weighted by Gasteiger charge is -2.10. The number of anilines is 2. The topological polar surface area (TPSA) is 68.5 Å². The number of aromatic nitrogens is 5. The van der Waals surface area contributed by atoms with E-state index in [4.69, 9.17) is 0 Å². The third-order valence-corrected chi connectivity index (χ3v) is 4.77. The van der Waals surface area contributed by atoms with Crippen LogP contribution in [0.3, 0.4) is 0 Å². The molecule has 3 aromatic rings. The molecule has 0 aromatic carbocycles. The van der Waals surface area contributed by atoms with Crippen LogP contribution in [0, 0.1) is 19.3 Å². The van der Waals surface area contributed by atoms with Gasteiger partial charge in [0.05, 0.1) is 18.6 Å². The summed E-state index contributed by atoms with van der Waals surface area (Å²) >= 11 is 0. The van der Waals surface area contributed by atoms with Crippen molar-refractivity contribution < 1.29 is 4.39 Å². The van der Waals surface area contributed by atoms with Crippen LogP contribution >= 0.6 is 0 Å². The normalized spacial score (nSPS) is 15.0. The van der Waals surface area contributed by atoms with Crippen molar-refractivity contribution in [3.05, 3.63) is 48.2 Å². The summed E-state index contributed by atoms with van der Waals surface area (Å²) in [7, 11) is 0. The number of hydrogen-bond acceptors (Lipinski definition) is 5. The van der Waals surface area contributed by atoms with Gasteiger partial charge in [0, 0.05) is 47.5 Å². The van der Waals surface area contributed by atoms with Gasteiger partial charge in [0.2, 0.25) is 5.95 Å². The fourth-order valence-corrected chi connectivity index (χ4v) is 2.97. The van der Waals surface area contributed by atoms with Crippen LogP contribution < -0.4 is 5.32 Å². The molecule has 26 heavy (non-hydrogen) atoms. The minimum atomic E-state index is -0.284. The maximum atomic E-state index is 13.1. The summed E-state index contributed by atoms with van der Waals surface area (Å²) in [6, 6.07) is 3.81. The Balaban J connectivity index is 1.57. The lowest BCUT2D eigenvalue weighted by molar-refractivity contribution is 0.294. The first-order valence-corrected chi connectivity index (χ1v) is 8.69. The predicted molar refractivity (Wildman–Crippen MR) is 97.9 cm³/mol. The number of nitrogens with one attached hydrogen (secondary N) is 1. The molecule has 1 saturated carbocycles. The summed E-state index contributed by atoms with van der Waals surface area (Å²) in [4.78, 5) is 13.2. The van der Waals surface area contributed by atoms with Gasteiger partial charge in [-0.1, -0.05) is 0 Å². The number of pyridine rings is 1. The molecule has 0 radical (unpaired) electrons. The summed E-state index contributed by atoms with van der Waals surface area (Å²) in [5.41, 5.74) is 4.31. The molecule has 7 heteroatoms. The molecule has 1 aliphatic carbocycles. The smallest absolute Gasteiger partial charge is 0.227 e. The number of nitrogens with zero attached hydrogens (tertiary/aromatic N) is 5. The maximum Gasteiger partial charge on any atom is 0.227 e. The first-order valence-electron chi connectivity index (χ1n) is 8.69. The quantitative estimate of drug-likeness (QED) is 0.730. The van der Waals surface area contributed by atoms with E-state index < -0.39 is 0 Å². The van der Waals surface area contributed by atoms with Crippen molar-refractivity contribution in [3.63, 3.8) is 0 Å². The number of aryl methyl sites for hydroxylation is 2. The summed E-state index contributed by atoms with van der Waals surface area (Å²) < 4.78 is 14.9. The monoisotopic (exact) mass is 352 g/mol. The van der Waals surface area contributed by atoms with Gasteiger partial charge in [-0.15, -0.1) is 0 Å². The fraction of sp³-hybridized carbons (Fsp3) is 0.368. The van der Waals surface area contributed by atoms with Gasteiger partial charge in [-0.2, -0.15) is 5.10 Å². The largest absolute Gasteiger partial charge is 0.324 e. The first kappa shape index (κ1) is 16.6. The third-order valence-electron chi connectivity index (χ3n) is 4.77. The number of alkyl halides is 1. The molecule has 4 rings (SSSR count). The second kappa shape index (κ2) is 6.48. The van der Waals surface area contributed by atoms with Gasteiger partial charge in [-0.25, -0.2) is 9.97 Å². The molecule has 1 aliphatic rings. The molecule has 0 unspecified atom stereocenters. The van der Waals surface area contributed by atoms with Gasteiger partial charge in [0.1, 0.15) is 0 Å². The van der Waals surface area contributed by atoms with Crippen molar-refractivity contribution >= 4 is 11.6 Å². The van der Waals surface area contributed by atoms with E-state index in [1.807, 2.05) is 36.9 Å². The molecule has 0 amide bonds. The van der Waals surface area contributed by atoms with Crippen LogP contribution in [-0.4, -0.2) is 31.4 Å². The van der Waals surface area contributed by atoms with E-state index in [1.54, 1.807) is 18.6 Å². The minimum absolute atomic E-state index is 0.198. The van der Waals surface area contributed by atoms with E-state index in [-0.39, 0.29) is 12.1 Å². The SMILES string of the molecule is Cc1cc(Nc2ncc(C)c(-c3cnn(CC4(CF)CC4)c3)n2)ccn1. The fourth-order valence-electron chi connectivity index (χ4n) is 2.97. The second-order valence-electron chi connectivity index (χ2n) is 7.10. The van der Waals surface area contributed by atoms with Crippen LogP contribution in [0.5, 0.6) is 0 Å². The Morgan fingerprint density at radius 1 is 1.23 bits per heavy atom. The first-order chi connectivity index (χ1) is 12.6. The van der Waals surface area contributed by atoms with Gasteiger partial charge in [0.15, 0.2) is 0 Å². The van der Waals surface area contributed by atoms with E-state index in [0.29, 0.717) is 12.5 Å². The molecule has 134 valence electrons. The highest BCUT2D eigenvalue weighted by atomic mass is 19.1. The van der Waals surface area contributed by atoms with Crippen molar-refractivity contribution in [3.8, 4) is 11.3 Å². The molecular weight excluding hydrogens is 331 g/mol. The predicted octanol–water partition coefficient (Wildman–Crippen LogP) is 3.85. The molecular formula is C19H21FN6. The average molecular weight is 352 g/mol. The van der Waals surface area contributed by atoms with Crippen molar-refractivity contribution in [1.82, 2.24) is 24.7 Å². The van der Waals surface area contributed by atoms with Crippen LogP contribution in [0.2, 0.25) is 0 Å². The Morgan fingerprint density at radius 3 is 2.81 bits per heavy atom. The second-order valence-corrected chi connectivity index (χ2v) is 7.10. The highest BCUT2D eigenvalue weighted by Gasteiger charge is 2.43. The Morgan fingerprint density at radius 2 is 2.08 bits per heavy atom. The van der Waals surface area contributed by atoms with Crippen LogP contribution in [0.4, 0.5) is 16.0 Å². The summed E-state index contributed by atoms with van der Waals surface area (Å²) in [5.74, 6) is 0.520. The standard InChI is InChI=1S/C19H21FN6/c1-13-8-22-18(24-16-3-6-21-14(2)7-16)25-17(13)15-9-23-26(10-15)12-19(11-20)4-5-19/h3,6-10H,4-5,11-12H2,1-2H3,(H,21,22,24,25). The molecule has 0 spiro atoms. The third kappa shape index (κ3) is 3.42. The summed E-state index contributed by atoms with van der Waals surface area (Å²) in [5, 5.41) is 7.60. The van der Waals surface area contributed by atoms with Crippen LogP contribution in [0.25, 0.3) is 11.3 Å². The summed E-state index contributed by atoms with van der Waals surface area (Å²) in [6.45, 7) is 4.24. The highest BCUT2D eigenvalue weighted by Crippen LogP contribution is 2.47. The van der Waals surface area contributed by atoms with Crippen LogP contribution in [0.15, 0.2) is 36.9 Å². The molecule has 1 N–H and O–H groups in total. The molecule has 3 heterocycles. The molecule has 0 saturated heterocycles. The van der Waals surface area contributed by atoms with Crippen molar-refractivity contribution in [2.75, 3.05) is 12.0 Å².